The summed E-state index contributed by atoms with van der Waals surface area (Å²) in [6, 6.07) is 18.3. The molecule has 6 nitrogen and oxygen atoms in total. The lowest BCUT2D eigenvalue weighted by molar-refractivity contribution is 0.103. The van der Waals surface area contributed by atoms with Crippen molar-refractivity contribution in [2.45, 2.75) is 0 Å². The van der Waals surface area contributed by atoms with Gasteiger partial charge < -0.3 is 9.47 Å². The van der Waals surface area contributed by atoms with E-state index in [1.165, 1.54) is 0 Å². The van der Waals surface area contributed by atoms with Crippen LogP contribution in [0.1, 0.15) is 16.1 Å². The molecule has 0 bridgehead atoms. The van der Waals surface area contributed by atoms with Gasteiger partial charge in [-0.2, -0.15) is 5.10 Å². The zero-order valence-corrected chi connectivity index (χ0v) is 14.9. The molecule has 0 unspecified atom stereocenters. The largest absolute Gasteiger partial charge is 0.497 e. The van der Waals surface area contributed by atoms with E-state index in [1.807, 2.05) is 36.4 Å². The van der Waals surface area contributed by atoms with Crippen LogP contribution >= 0.6 is 0 Å². The van der Waals surface area contributed by atoms with Crippen molar-refractivity contribution >= 4 is 11.4 Å². The number of nitrogens with zero attached hydrogens (tertiary/aromatic N) is 3. The zero-order valence-electron chi connectivity index (χ0n) is 14.9. The minimum absolute atomic E-state index is 0.166. The van der Waals surface area contributed by atoms with E-state index in [2.05, 4.69) is 10.1 Å². The van der Waals surface area contributed by atoms with Crippen LogP contribution in [0, 0.1) is 0 Å². The molecule has 0 aliphatic carbocycles. The summed E-state index contributed by atoms with van der Waals surface area (Å²) in [5.41, 5.74) is 3.19. The summed E-state index contributed by atoms with van der Waals surface area (Å²) in [6.07, 6.45) is 1.54. The molecule has 27 heavy (non-hydrogen) atoms. The van der Waals surface area contributed by atoms with Crippen LogP contribution in [0.2, 0.25) is 0 Å². The highest BCUT2D eigenvalue weighted by Crippen LogP contribution is 2.22. The van der Waals surface area contributed by atoms with Crippen LogP contribution < -0.4 is 9.47 Å². The Bertz CT molecular complexity index is 1120. The Morgan fingerprint density at radius 2 is 1.70 bits per heavy atom. The molecule has 2 aromatic heterocycles. The van der Waals surface area contributed by atoms with E-state index in [0.29, 0.717) is 22.7 Å². The normalized spacial score (nSPS) is 10.7. The van der Waals surface area contributed by atoms with Crippen LogP contribution in [0.3, 0.4) is 0 Å². The number of ketones is 1. The van der Waals surface area contributed by atoms with Crippen molar-refractivity contribution in [3.63, 3.8) is 0 Å². The summed E-state index contributed by atoms with van der Waals surface area (Å²) in [4.78, 5) is 17.2. The molecule has 0 N–H and O–H groups in total. The van der Waals surface area contributed by atoms with Crippen LogP contribution in [0.4, 0.5) is 0 Å². The Morgan fingerprint density at radius 1 is 0.926 bits per heavy atom. The van der Waals surface area contributed by atoms with Crippen molar-refractivity contribution in [2.75, 3.05) is 14.2 Å². The number of hydrogen-bond acceptors (Lipinski definition) is 5. The lowest BCUT2D eigenvalue weighted by Crippen LogP contribution is -2.08. The second-order valence-electron chi connectivity index (χ2n) is 5.92. The van der Waals surface area contributed by atoms with Crippen molar-refractivity contribution in [1.29, 1.82) is 0 Å². The van der Waals surface area contributed by atoms with Crippen molar-refractivity contribution in [2.24, 2.45) is 0 Å². The average Bonchev–Trinajstić information content (AvgIpc) is 3.16. The molecule has 2 heterocycles. The molecule has 2 aromatic carbocycles. The Hall–Kier alpha value is -3.67. The predicted molar refractivity (Wildman–Crippen MR) is 101 cm³/mol. The number of imidazole rings is 1. The summed E-state index contributed by atoms with van der Waals surface area (Å²) in [5, 5.41) is 4.61. The monoisotopic (exact) mass is 359 g/mol. The van der Waals surface area contributed by atoms with Gasteiger partial charge in [0.25, 0.3) is 0 Å². The third-order valence-electron chi connectivity index (χ3n) is 4.31. The highest BCUT2D eigenvalue weighted by atomic mass is 16.5. The van der Waals surface area contributed by atoms with Crippen molar-refractivity contribution < 1.29 is 14.3 Å². The second-order valence-corrected chi connectivity index (χ2v) is 5.92. The topological polar surface area (TPSA) is 65.7 Å². The zero-order chi connectivity index (χ0) is 18.8. The number of benzene rings is 2. The van der Waals surface area contributed by atoms with Crippen LogP contribution in [0.15, 0.2) is 66.9 Å². The number of hydrogen-bond donors (Lipinski definition) is 0. The molecule has 0 amide bonds. The predicted octanol–water partition coefficient (Wildman–Crippen LogP) is 3.64. The van der Waals surface area contributed by atoms with E-state index in [4.69, 9.17) is 9.47 Å². The average molecular weight is 359 g/mol. The lowest BCUT2D eigenvalue weighted by Gasteiger charge is -2.06. The lowest BCUT2D eigenvalue weighted by atomic mass is 10.1. The summed E-state index contributed by atoms with van der Waals surface area (Å²) in [5.74, 6) is 1.23. The van der Waals surface area contributed by atoms with Crippen LogP contribution in [0.5, 0.6) is 11.5 Å². The SMILES string of the molecule is COc1ccc(-c2ccc3ncc(C(=O)c4cccc(OC)c4)n3n2)cc1. The van der Waals surface area contributed by atoms with Crippen LogP contribution in [-0.4, -0.2) is 34.6 Å². The van der Waals surface area contributed by atoms with Crippen LogP contribution in [-0.2, 0) is 0 Å². The Morgan fingerprint density at radius 3 is 2.44 bits per heavy atom. The highest BCUT2D eigenvalue weighted by Gasteiger charge is 2.16. The standard InChI is InChI=1S/C21H17N3O3/c1-26-16-8-6-14(7-9-16)18-10-11-20-22-13-19(24(20)23-18)21(25)15-4-3-5-17(12-15)27-2/h3-13H,1-2H3. The Kier molecular flexibility index (Phi) is 4.30. The molecule has 0 fully saturated rings. The summed E-state index contributed by atoms with van der Waals surface area (Å²) >= 11 is 0. The van der Waals surface area contributed by atoms with Gasteiger partial charge in [0.15, 0.2) is 5.65 Å². The van der Waals surface area contributed by atoms with Gasteiger partial charge in [0.1, 0.15) is 17.2 Å². The molecule has 4 rings (SSSR count). The quantitative estimate of drug-likeness (QED) is 0.509. The second kappa shape index (κ2) is 6.92. The van der Waals surface area contributed by atoms with E-state index in [-0.39, 0.29) is 5.78 Å². The van der Waals surface area contributed by atoms with Crippen molar-refractivity contribution in [3.8, 4) is 22.8 Å². The van der Waals surface area contributed by atoms with E-state index in [0.717, 1.165) is 17.0 Å². The number of ether oxygens (including phenoxy) is 2. The van der Waals surface area contributed by atoms with Gasteiger partial charge in [0.05, 0.1) is 26.1 Å². The van der Waals surface area contributed by atoms with Gasteiger partial charge in [-0.1, -0.05) is 12.1 Å². The van der Waals surface area contributed by atoms with Crippen LogP contribution in [0.25, 0.3) is 16.9 Å². The first-order chi connectivity index (χ1) is 13.2. The maximum absolute atomic E-state index is 12.9. The fourth-order valence-corrected chi connectivity index (χ4v) is 2.86. The van der Waals surface area contributed by atoms with Gasteiger partial charge in [-0.3, -0.25) is 4.79 Å². The van der Waals surface area contributed by atoms with Gasteiger partial charge in [0, 0.05) is 11.1 Å². The smallest absolute Gasteiger partial charge is 0.213 e. The molecule has 0 saturated carbocycles. The third-order valence-corrected chi connectivity index (χ3v) is 4.31. The number of rotatable bonds is 5. The number of fused-ring (bicyclic) bond motifs is 1. The number of carbonyl (C=O) groups excluding carboxylic acids is 1. The minimum atomic E-state index is -0.166. The maximum atomic E-state index is 12.9. The molecule has 134 valence electrons. The Labute approximate surface area is 156 Å². The summed E-state index contributed by atoms with van der Waals surface area (Å²) in [7, 11) is 3.20. The number of methoxy groups -OCH3 is 2. The Balaban J connectivity index is 1.76. The first-order valence-corrected chi connectivity index (χ1v) is 8.37. The molecule has 0 aliphatic rings. The molecule has 0 saturated heterocycles. The van der Waals surface area contributed by atoms with E-state index >= 15 is 0 Å². The third kappa shape index (κ3) is 3.13. The number of carbonyl (C=O) groups is 1. The first-order valence-electron chi connectivity index (χ1n) is 8.37. The van der Waals surface area contributed by atoms with Crippen molar-refractivity contribution in [3.05, 3.63) is 78.1 Å². The summed E-state index contributed by atoms with van der Waals surface area (Å²) in [6.45, 7) is 0. The molecule has 0 spiro atoms. The van der Waals surface area contributed by atoms with E-state index in [9.17, 15) is 4.79 Å². The van der Waals surface area contributed by atoms with Gasteiger partial charge in [0.2, 0.25) is 5.78 Å². The van der Waals surface area contributed by atoms with Gasteiger partial charge in [-0.15, -0.1) is 0 Å². The molecule has 0 atom stereocenters. The molecule has 0 radical (unpaired) electrons. The molecule has 6 heteroatoms. The number of aromatic nitrogens is 3. The molecule has 4 aromatic rings. The summed E-state index contributed by atoms with van der Waals surface area (Å²) < 4.78 is 12.0. The molecular weight excluding hydrogens is 342 g/mol. The highest BCUT2D eigenvalue weighted by molar-refractivity contribution is 6.08. The fraction of sp³-hybridized carbons (Fsp3) is 0.0952. The minimum Gasteiger partial charge on any atom is -0.497 e. The van der Waals surface area contributed by atoms with Gasteiger partial charge >= 0.3 is 0 Å². The van der Waals surface area contributed by atoms with E-state index in [1.54, 1.807) is 49.2 Å². The van der Waals surface area contributed by atoms with Gasteiger partial charge in [-0.05, 0) is 48.5 Å². The maximum Gasteiger partial charge on any atom is 0.213 e. The van der Waals surface area contributed by atoms with Gasteiger partial charge in [-0.25, -0.2) is 9.50 Å². The molecule has 0 aliphatic heterocycles. The van der Waals surface area contributed by atoms with Crippen molar-refractivity contribution in [1.82, 2.24) is 14.6 Å². The fourth-order valence-electron chi connectivity index (χ4n) is 2.86. The van der Waals surface area contributed by atoms with E-state index < -0.39 is 0 Å². The first kappa shape index (κ1) is 16.8. The molecular formula is C21H17N3O3.